The molecule has 2 aromatic rings. The van der Waals surface area contributed by atoms with Crippen LogP contribution < -0.4 is 10.6 Å². The van der Waals surface area contributed by atoms with Crippen LogP contribution in [-0.4, -0.2) is 67.3 Å². The lowest BCUT2D eigenvalue weighted by atomic mass is 10.1. The molecule has 0 saturated carbocycles. The molecule has 1 saturated heterocycles. The molecule has 1 aliphatic rings. The summed E-state index contributed by atoms with van der Waals surface area (Å²) in [6.45, 7) is 3.18. The highest BCUT2D eigenvalue weighted by molar-refractivity contribution is 6.30. The summed E-state index contributed by atoms with van der Waals surface area (Å²) in [5.41, 5.74) is 1.97. The number of hydrogen-bond donors (Lipinski definition) is 2. The summed E-state index contributed by atoms with van der Waals surface area (Å²) < 4.78 is 0. The predicted molar refractivity (Wildman–Crippen MR) is 123 cm³/mol. The molecule has 7 nitrogen and oxygen atoms in total. The Hall–Kier alpha value is -3.06. The quantitative estimate of drug-likeness (QED) is 0.530. The molecule has 0 atom stereocenters. The number of amides is 2. The van der Waals surface area contributed by atoms with Gasteiger partial charge in [0.05, 0.1) is 13.0 Å². The second kappa shape index (κ2) is 11.4. The van der Waals surface area contributed by atoms with Crippen molar-refractivity contribution in [2.75, 3.05) is 39.8 Å². The van der Waals surface area contributed by atoms with E-state index in [0.717, 1.165) is 11.1 Å². The van der Waals surface area contributed by atoms with Gasteiger partial charge in [-0.2, -0.15) is 0 Å². The van der Waals surface area contributed by atoms with Gasteiger partial charge >= 0.3 is 0 Å². The molecular weight excluding hydrogens is 414 g/mol. The van der Waals surface area contributed by atoms with Gasteiger partial charge in [-0.25, -0.2) is 0 Å². The van der Waals surface area contributed by atoms with Crippen molar-refractivity contribution in [3.63, 3.8) is 0 Å². The van der Waals surface area contributed by atoms with Gasteiger partial charge in [0.25, 0.3) is 0 Å². The fraction of sp³-hybridized carbons (Fsp3) is 0.348. The highest BCUT2D eigenvalue weighted by Crippen LogP contribution is 2.13. The summed E-state index contributed by atoms with van der Waals surface area (Å²) in [4.78, 5) is 32.9. The number of piperazine rings is 1. The van der Waals surface area contributed by atoms with Crippen LogP contribution in [0.2, 0.25) is 5.02 Å². The number of carbonyl (C=O) groups excluding carboxylic acids is 2. The zero-order valence-electron chi connectivity index (χ0n) is 17.7. The molecular formula is C23H28ClN5O2. The first kappa shape index (κ1) is 22.6. The third-order valence-corrected chi connectivity index (χ3v) is 5.36. The molecule has 0 unspecified atom stereocenters. The van der Waals surface area contributed by atoms with Crippen molar-refractivity contribution in [2.24, 2.45) is 4.99 Å². The number of benzene rings is 2. The minimum atomic E-state index is -0.0969. The van der Waals surface area contributed by atoms with Gasteiger partial charge in [-0.3, -0.25) is 14.6 Å². The summed E-state index contributed by atoms with van der Waals surface area (Å²) in [7, 11) is 1.70. The zero-order valence-corrected chi connectivity index (χ0v) is 18.4. The lowest BCUT2D eigenvalue weighted by Gasteiger charge is -2.36. The first-order chi connectivity index (χ1) is 15.0. The number of aliphatic imine (C=N–C) groups is 1. The molecule has 2 aromatic carbocycles. The van der Waals surface area contributed by atoms with Crippen molar-refractivity contribution in [3.8, 4) is 0 Å². The van der Waals surface area contributed by atoms with Crippen molar-refractivity contribution in [3.05, 3.63) is 70.7 Å². The van der Waals surface area contributed by atoms with Gasteiger partial charge in [0.1, 0.15) is 0 Å². The Morgan fingerprint density at radius 1 is 0.935 bits per heavy atom. The fourth-order valence-corrected chi connectivity index (χ4v) is 3.66. The monoisotopic (exact) mass is 441 g/mol. The number of hydrogen-bond acceptors (Lipinski definition) is 3. The fourth-order valence-electron chi connectivity index (χ4n) is 3.45. The van der Waals surface area contributed by atoms with E-state index in [-0.39, 0.29) is 18.4 Å². The smallest absolute Gasteiger partial charge is 0.239 e. The average Bonchev–Trinajstić information content (AvgIpc) is 2.79. The van der Waals surface area contributed by atoms with E-state index in [1.165, 1.54) is 0 Å². The first-order valence-electron chi connectivity index (χ1n) is 10.3. The summed E-state index contributed by atoms with van der Waals surface area (Å²) in [5.74, 6) is 0.655. The van der Waals surface area contributed by atoms with Crippen molar-refractivity contribution < 1.29 is 9.59 Å². The summed E-state index contributed by atoms with van der Waals surface area (Å²) in [5, 5.41) is 6.64. The van der Waals surface area contributed by atoms with Crippen LogP contribution in [0.15, 0.2) is 59.6 Å². The van der Waals surface area contributed by atoms with Gasteiger partial charge in [0, 0.05) is 44.8 Å². The van der Waals surface area contributed by atoms with E-state index in [1.54, 1.807) is 13.1 Å². The van der Waals surface area contributed by atoms with E-state index in [2.05, 4.69) is 20.5 Å². The maximum atomic E-state index is 12.6. The molecule has 0 aromatic heterocycles. The minimum Gasteiger partial charge on any atom is -0.350 e. The van der Waals surface area contributed by atoms with Crippen molar-refractivity contribution in [1.82, 2.24) is 20.4 Å². The normalized spacial score (nSPS) is 14.3. The molecule has 8 heteroatoms. The molecule has 0 aliphatic carbocycles. The number of nitrogens with zero attached hydrogens (tertiary/aromatic N) is 3. The van der Waals surface area contributed by atoms with E-state index in [4.69, 9.17) is 11.6 Å². The molecule has 1 fully saturated rings. The van der Waals surface area contributed by atoms with Crippen molar-refractivity contribution in [2.45, 2.75) is 13.0 Å². The van der Waals surface area contributed by atoms with Crippen molar-refractivity contribution in [1.29, 1.82) is 0 Å². The number of guanidine groups is 1. The van der Waals surface area contributed by atoms with E-state index in [1.807, 2.05) is 53.4 Å². The van der Waals surface area contributed by atoms with Crippen LogP contribution >= 0.6 is 11.6 Å². The second-order valence-electron chi connectivity index (χ2n) is 7.34. The maximum Gasteiger partial charge on any atom is 0.239 e. The molecule has 0 bridgehead atoms. The van der Waals surface area contributed by atoms with Crippen LogP contribution in [0.3, 0.4) is 0 Å². The van der Waals surface area contributed by atoms with E-state index in [0.29, 0.717) is 50.1 Å². The molecule has 1 aliphatic heterocycles. The topological polar surface area (TPSA) is 77.0 Å². The summed E-state index contributed by atoms with van der Waals surface area (Å²) in [6.07, 6.45) is 0.342. The molecule has 1 heterocycles. The van der Waals surface area contributed by atoms with Crippen LogP contribution in [0.1, 0.15) is 11.1 Å². The SMILES string of the molecule is CN=C(NCC(=O)NCc1ccccc1)N1CCN(C(=O)Cc2cccc(Cl)c2)CC1. The van der Waals surface area contributed by atoms with Gasteiger partial charge in [0.15, 0.2) is 5.96 Å². The first-order valence-corrected chi connectivity index (χ1v) is 10.7. The Bertz CT molecular complexity index is 911. The Morgan fingerprint density at radius 3 is 2.29 bits per heavy atom. The Labute approximate surface area is 188 Å². The van der Waals surface area contributed by atoms with Crippen LogP contribution in [0.25, 0.3) is 0 Å². The van der Waals surface area contributed by atoms with Gasteiger partial charge in [-0.05, 0) is 23.3 Å². The lowest BCUT2D eigenvalue weighted by Crippen LogP contribution is -2.54. The molecule has 2 amide bonds. The van der Waals surface area contributed by atoms with E-state index in [9.17, 15) is 9.59 Å². The van der Waals surface area contributed by atoms with Gasteiger partial charge in [0.2, 0.25) is 11.8 Å². The van der Waals surface area contributed by atoms with Crippen molar-refractivity contribution >= 4 is 29.4 Å². The highest BCUT2D eigenvalue weighted by Gasteiger charge is 2.23. The summed E-state index contributed by atoms with van der Waals surface area (Å²) >= 11 is 6.01. The number of carbonyl (C=O) groups is 2. The standard InChI is InChI=1S/C23H28ClN5O2/c1-25-23(27-17-21(30)26-16-18-6-3-2-4-7-18)29-12-10-28(11-13-29)22(31)15-19-8-5-9-20(24)14-19/h2-9,14H,10-13,15-17H2,1H3,(H,25,27)(H,26,30). The molecule has 164 valence electrons. The van der Waals surface area contributed by atoms with Crippen LogP contribution in [0.4, 0.5) is 0 Å². The summed E-state index contributed by atoms with van der Waals surface area (Å²) in [6, 6.07) is 17.2. The Morgan fingerprint density at radius 2 is 1.61 bits per heavy atom. The zero-order chi connectivity index (χ0) is 22.1. The van der Waals surface area contributed by atoms with E-state index < -0.39 is 0 Å². The van der Waals surface area contributed by atoms with Crippen LogP contribution in [0.5, 0.6) is 0 Å². The van der Waals surface area contributed by atoms with Gasteiger partial charge in [-0.15, -0.1) is 0 Å². The third-order valence-electron chi connectivity index (χ3n) is 5.13. The molecule has 2 N–H and O–H groups in total. The molecule has 31 heavy (non-hydrogen) atoms. The minimum absolute atomic E-state index is 0.0881. The Kier molecular flexibility index (Phi) is 8.29. The second-order valence-corrected chi connectivity index (χ2v) is 7.77. The lowest BCUT2D eigenvalue weighted by molar-refractivity contribution is -0.131. The maximum absolute atomic E-state index is 12.6. The molecule has 0 spiro atoms. The largest absolute Gasteiger partial charge is 0.350 e. The number of halogens is 1. The van der Waals surface area contributed by atoms with Gasteiger partial charge in [-0.1, -0.05) is 54.1 Å². The van der Waals surface area contributed by atoms with E-state index >= 15 is 0 Å². The predicted octanol–water partition coefficient (Wildman–Crippen LogP) is 1.92. The average molecular weight is 442 g/mol. The van der Waals surface area contributed by atoms with Gasteiger partial charge < -0.3 is 20.4 Å². The van der Waals surface area contributed by atoms with Crippen LogP contribution in [-0.2, 0) is 22.6 Å². The molecule has 0 radical (unpaired) electrons. The number of rotatable bonds is 6. The molecule has 3 rings (SSSR count). The Balaban J connectivity index is 1.41. The highest BCUT2D eigenvalue weighted by atomic mass is 35.5. The number of nitrogens with one attached hydrogen (secondary N) is 2. The third kappa shape index (κ3) is 7.00. The van der Waals surface area contributed by atoms with Crippen LogP contribution in [0, 0.1) is 0 Å².